The summed E-state index contributed by atoms with van der Waals surface area (Å²) in [6, 6.07) is 5.58. The van der Waals surface area contributed by atoms with Crippen LogP contribution in [0, 0.1) is 0 Å². The summed E-state index contributed by atoms with van der Waals surface area (Å²) < 4.78 is 53.0. The van der Waals surface area contributed by atoms with Gasteiger partial charge in [-0.2, -0.15) is 0 Å². The summed E-state index contributed by atoms with van der Waals surface area (Å²) in [6.07, 6.45) is -4.36. The van der Waals surface area contributed by atoms with Gasteiger partial charge in [-0.25, -0.2) is 0 Å². The molecule has 0 bridgehead atoms. The smallest absolute Gasteiger partial charge is 0.406 e. The van der Waals surface area contributed by atoms with Crippen molar-refractivity contribution in [3.8, 4) is 5.75 Å². The maximum absolute atomic E-state index is 12.8. The third-order valence-corrected chi connectivity index (χ3v) is 3.47. The van der Waals surface area contributed by atoms with Crippen molar-refractivity contribution in [3.63, 3.8) is 0 Å². The molecule has 1 N–H and O–H groups in total. The van der Waals surface area contributed by atoms with Crippen molar-refractivity contribution in [2.75, 3.05) is 32.9 Å². The zero-order chi connectivity index (χ0) is 15.3. The van der Waals surface area contributed by atoms with Crippen LogP contribution in [0.3, 0.4) is 0 Å². The number of ether oxygens (including phenoxy) is 1. The first kappa shape index (κ1) is 16.0. The van der Waals surface area contributed by atoms with Gasteiger partial charge >= 0.3 is 6.36 Å². The Balaban J connectivity index is 2.09. The first-order valence-electron chi connectivity index (χ1n) is 6.86. The zero-order valence-corrected chi connectivity index (χ0v) is 11.5. The summed E-state index contributed by atoms with van der Waals surface area (Å²) in [5, 5.41) is 3.22. The van der Waals surface area contributed by atoms with Crippen LogP contribution in [0.4, 0.5) is 17.6 Å². The van der Waals surface area contributed by atoms with E-state index in [2.05, 4.69) is 15.0 Å². The fourth-order valence-corrected chi connectivity index (χ4v) is 2.55. The molecule has 0 radical (unpaired) electrons. The summed E-state index contributed by atoms with van der Waals surface area (Å²) in [5.41, 5.74) is 0.809. The average Bonchev–Trinajstić information content (AvgIpc) is 2.45. The van der Waals surface area contributed by atoms with Crippen LogP contribution in [-0.4, -0.2) is 44.1 Å². The maximum atomic E-state index is 12.8. The molecule has 0 aliphatic carbocycles. The lowest BCUT2D eigenvalue weighted by molar-refractivity contribution is -0.274. The molecule has 2 rings (SSSR count). The second kappa shape index (κ2) is 7.09. The van der Waals surface area contributed by atoms with Gasteiger partial charge in [-0.05, 0) is 24.1 Å². The Bertz CT molecular complexity index is 430. The highest BCUT2D eigenvalue weighted by atomic mass is 19.4. The summed E-state index contributed by atoms with van der Waals surface area (Å²) in [4.78, 5) is 2.15. The molecule has 1 fully saturated rings. The van der Waals surface area contributed by atoms with Gasteiger partial charge in [0.1, 0.15) is 5.75 Å². The first-order valence-corrected chi connectivity index (χ1v) is 6.86. The highest BCUT2D eigenvalue weighted by Crippen LogP contribution is 2.28. The molecular formula is C14H18F4N2O. The third-order valence-electron chi connectivity index (χ3n) is 3.47. The molecular weight excluding hydrogens is 288 g/mol. The van der Waals surface area contributed by atoms with Gasteiger partial charge in [0.2, 0.25) is 0 Å². The van der Waals surface area contributed by atoms with Gasteiger partial charge in [0.15, 0.2) is 0 Å². The molecule has 0 spiro atoms. The molecule has 1 aliphatic heterocycles. The Hall–Kier alpha value is -1.34. The van der Waals surface area contributed by atoms with Crippen LogP contribution in [-0.2, 0) is 0 Å². The Labute approximate surface area is 120 Å². The first-order chi connectivity index (χ1) is 9.99. The van der Waals surface area contributed by atoms with Crippen molar-refractivity contribution < 1.29 is 22.3 Å². The van der Waals surface area contributed by atoms with E-state index in [4.69, 9.17) is 0 Å². The normalized spacial score (nSPS) is 18.5. The Morgan fingerprint density at radius 2 is 1.76 bits per heavy atom. The minimum atomic E-state index is -4.70. The van der Waals surface area contributed by atoms with Gasteiger partial charge in [-0.15, -0.1) is 13.2 Å². The summed E-state index contributed by atoms with van der Waals surface area (Å²) in [5.74, 6) is -0.259. The standard InChI is InChI=1S/C14H18F4N2O/c15-6-5-13(20-9-7-19-8-10-20)11-1-3-12(4-2-11)21-14(16,17)18/h1-4,13,19H,5-10H2/t13-/m0/s1. The minimum Gasteiger partial charge on any atom is -0.406 e. The highest BCUT2D eigenvalue weighted by molar-refractivity contribution is 5.29. The van der Waals surface area contributed by atoms with E-state index < -0.39 is 13.0 Å². The highest BCUT2D eigenvalue weighted by Gasteiger charge is 2.31. The predicted octanol–water partition coefficient (Wildman–Crippen LogP) is 2.89. The van der Waals surface area contributed by atoms with Gasteiger partial charge < -0.3 is 10.1 Å². The molecule has 118 valence electrons. The van der Waals surface area contributed by atoms with Crippen LogP contribution in [0.1, 0.15) is 18.0 Å². The number of halogens is 4. The molecule has 21 heavy (non-hydrogen) atoms. The van der Waals surface area contributed by atoms with Crippen LogP contribution >= 0.6 is 0 Å². The van der Waals surface area contributed by atoms with Crippen molar-refractivity contribution >= 4 is 0 Å². The number of piperazine rings is 1. The fourth-order valence-electron chi connectivity index (χ4n) is 2.55. The molecule has 0 aromatic heterocycles. The number of hydrogen-bond acceptors (Lipinski definition) is 3. The molecule has 0 unspecified atom stereocenters. The average molecular weight is 306 g/mol. The lowest BCUT2D eigenvalue weighted by Crippen LogP contribution is -2.45. The number of hydrogen-bond donors (Lipinski definition) is 1. The van der Waals surface area contributed by atoms with E-state index >= 15 is 0 Å². The summed E-state index contributed by atoms with van der Waals surface area (Å²) >= 11 is 0. The second-order valence-electron chi connectivity index (χ2n) is 4.90. The molecule has 0 amide bonds. The van der Waals surface area contributed by atoms with Gasteiger partial charge in [-0.3, -0.25) is 9.29 Å². The van der Waals surface area contributed by atoms with Gasteiger partial charge in [-0.1, -0.05) is 12.1 Å². The van der Waals surface area contributed by atoms with Crippen molar-refractivity contribution in [2.24, 2.45) is 0 Å². The van der Waals surface area contributed by atoms with E-state index in [0.29, 0.717) is 6.42 Å². The van der Waals surface area contributed by atoms with Crippen molar-refractivity contribution in [3.05, 3.63) is 29.8 Å². The van der Waals surface area contributed by atoms with Crippen molar-refractivity contribution in [1.82, 2.24) is 10.2 Å². The maximum Gasteiger partial charge on any atom is 0.573 e. The molecule has 1 atom stereocenters. The fraction of sp³-hybridized carbons (Fsp3) is 0.571. The van der Waals surface area contributed by atoms with E-state index in [1.165, 1.54) is 12.1 Å². The minimum absolute atomic E-state index is 0.114. The molecule has 1 aliphatic rings. The van der Waals surface area contributed by atoms with E-state index in [1.54, 1.807) is 12.1 Å². The van der Waals surface area contributed by atoms with Gasteiger partial charge in [0.05, 0.1) is 6.67 Å². The molecule has 0 saturated carbocycles. The van der Waals surface area contributed by atoms with Crippen molar-refractivity contribution in [1.29, 1.82) is 0 Å². The number of nitrogens with one attached hydrogen (secondary N) is 1. The molecule has 1 aromatic rings. The summed E-state index contributed by atoms with van der Waals surface area (Å²) in [6.45, 7) is 2.79. The van der Waals surface area contributed by atoms with Gasteiger partial charge in [0.25, 0.3) is 0 Å². The Kier molecular flexibility index (Phi) is 5.41. The van der Waals surface area contributed by atoms with E-state index in [-0.39, 0.29) is 11.8 Å². The molecule has 1 heterocycles. The molecule has 3 nitrogen and oxygen atoms in total. The van der Waals surface area contributed by atoms with Crippen LogP contribution in [0.5, 0.6) is 5.75 Å². The lowest BCUT2D eigenvalue weighted by Gasteiger charge is -2.35. The number of rotatable bonds is 5. The molecule has 1 aromatic carbocycles. The monoisotopic (exact) mass is 306 g/mol. The number of benzene rings is 1. The van der Waals surface area contributed by atoms with Crippen LogP contribution < -0.4 is 10.1 Å². The molecule has 7 heteroatoms. The Morgan fingerprint density at radius 3 is 2.29 bits per heavy atom. The quantitative estimate of drug-likeness (QED) is 0.847. The molecule has 1 saturated heterocycles. The van der Waals surface area contributed by atoms with Crippen LogP contribution in [0.15, 0.2) is 24.3 Å². The van der Waals surface area contributed by atoms with Crippen LogP contribution in [0.25, 0.3) is 0 Å². The van der Waals surface area contributed by atoms with E-state index in [9.17, 15) is 17.6 Å². The largest absolute Gasteiger partial charge is 0.573 e. The SMILES string of the molecule is FCC[C@@H](c1ccc(OC(F)(F)F)cc1)N1CCNCC1. The Morgan fingerprint density at radius 1 is 1.14 bits per heavy atom. The lowest BCUT2D eigenvalue weighted by atomic mass is 10.0. The van der Waals surface area contributed by atoms with Crippen LogP contribution in [0.2, 0.25) is 0 Å². The number of nitrogens with zero attached hydrogens (tertiary/aromatic N) is 1. The predicted molar refractivity (Wildman–Crippen MR) is 70.9 cm³/mol. The van der Waals surface area contributed by atoms with Gasteiger partial charge in [0, 0.05) is 32.2 Å². The van der Waals surface area contributed by atoms with Crippen molar-refractivity contribution in [2.45, 2.75) is 18.8 Å². The second-order valence-corrected chi connectivity index (χ2v) is 4.90. The third kappa shape index (κ3) is 4.86. The van der Waals surface area contributed by atoms with E-state index in [0.717, 1.165) is 31.7 Å². The number of alkyl halides is 4. The zero-order valence-electron chi connectivity index (χ0n) is 11.5. The van der Waals surface area contributed by atoms with E-state index in [1.807, 2.05) is 0 Å². The topological polar surface area (TPSA) is 24.5 Å². The summed E-state index contributed by atoms with van der Waals surface area (Å²) in [7, 11) is 0.